The first-order valence-corrected chi connectivity index (χ1v) is 13.5. The number of aryl methyl sites for hydroxylation is 1. The van der Waals surface area contributed by atoms with Gasteiger partial charge in [0.1, 0.15) is 18.1 Å². The number of nitrogen functional groups attached to an aromatic ring is 1. The molecule has 11 heteroatoms. The van der Waals surface area contributed by atoms with Gasteiger partial charge in [-0.2, -0.15) is 8.42 Å². The van der Waals surface area contributed by atoms with Crippen molar-refractivity contribution in [2.24, 2.45) is 5.73 Å². The van der Waals surface area contributed by atoms with E-state index in [0.29, 0.717) is 23.2 Å². The van der Waals surface area contributed by atoms with Gasteiger partial charge in [0.2, 0.25) is 5.91 Å². The van der Waals surface area contributed by atoms with Crippen molar-refractivity contribution in [3.8, 4) is 0 Å². The lowest BCUT2D eigenvalue weighted by Crippen LogP contribution is -2.35. The number of rotatable bonds is 10. The fourth-order valence-corrected chi connectivity index (χ4v) is 5.04. The number of carbonyl (C=O) groups excluding carboxylic acids is 1. The van der Waals surface area contributed by atoms with E-state index in [1.807, 2.05) is 30.3 Å². The predicted molar refractivity (Wildman–Crippen MR) is 149 cm³/mol. The fraction of sp³-hybridized carbons (Fsp3) is 0.143. The highest BCUT2D eigenvalue weighted by molar-refractivity contribution is 7.92. The molecule has 0 spiro atoms. The zero-order valence-electron chi connectivity index (χ0n) is 21.2. The van der Waals surface area contributed by atoms with Crippen LogP contribution >= 0.6 is 0 Å². The minimum absolute atomic E-state index is 0.0504. The molecule has 2 heterocycles. The lowest BCUT2D eigenvalue weighted by atomic mass is 10.0. The van der Waals surface area contributed by atoms with E-state index in [1.54, 1.807) is 43.3 Å². The number of anilines is 1. The van der Waals surface area contributed by atoms with Crippen molar-refractivity contribution in [2.45, 2.75) is 31.5 Å². The Morgan fingerprint density at radius 2 is 1.69 bits per heavy atom. The summed E-state index contributed by atoms with van der Waals surface area (Å²) >= 11 is 0. The molecule has 39 heavy (non-hydrogen) atoms. The third-order valence-electron chi connectivity index (χ3n) is 6.03. The number of carbonyl (C=O) groups is 1. The summed E-state index contributed by atoms with van der Waals surface area (Å²) in [7, 11) is -4.16. The first-order chi connectivity index (χ1) is 18.6. The van der Waals surface area contributed by atoms with E-state index in [0.717, 1.165) is 11.1 Å². The molecule has 0 saturated carbocycles. The van der Waals surface area contributed by atoms with Crippen LogP contribution in [-0.2, 0) is 34.3 Å². The Balaban J connectivity index is 1.62. The lowest BCUT2D eigenvalue weighted by molar-refractivity contribution is -0.121. The minimum atomic E-state index is -4.16. The summed E-state index contributed by atoms with van der Waals surface area (Å²) in [5.74, 6) is -0.476. The number of benzene rings is 2. The van der Waals surface area contributed by atoms with Gasteiger partial charge in [0.15, 0.2) is 5.03 Å². The smallest absolute Gasteiger partial charge is 0.279 e. The summed E-state index contributed by atoms with van der Waals surface area (Å²) in [6.07, 6.45) is 1.66. The van der Waals surface area contributed by atoms with Gasteiger partial charge < -0.3 is 15.6 Å². The van der Waals surface area contributed by atoms with Crippen molar-refractivity contribution >= 4 is 27.5 Å². The van der Waals surface area contributed by atoms with E-state index in [1.165, 1.54) is 22.9 Å². The van der Waals surface area contributed by atoms with Gasteiger partial charge in [-0.05, 0) is 48.2 Å². The molecule has 4 rings (SSSR count). The number of amidine groups is 1. The first-order valence-electron chi connectivity index (χ1n) is 12.0. The molecule has 0 atom stereocenters. The maximum absolute atomic E-state index is 13.6. The van der Waals surface area contributed by atoms with Gasteiger partial charge in [0.25, 0.3) is 15.6 Å². The van der Waals surface area contributed by atoms with E-state index in [2.05, 4.69) is 15.0 Å². The highest BCUT2D eigenvalue weighted by Crippen LogP contribution is 2.21. The Morgan fingerprint density at radius 3 is 2.33 bits per heavy atom. The maximum Gasteiger partial charge on any atom is 0.279 e. The Bertz CT molecular complexity index is 1650. The zero-order valence-corrected chi connectivity index (χ0v) is 22.0. The van der Waals surface area contributed by atoms with Crippen LogP contribution in [0.3, 0.4) is 0 Å². The quantitative estimate of drug-likeness (QED) is 0.177. The van der Waals surface area contributed by atoms with Crippen LogP contribution in [0.25, 0.3) is 0 Å². The van der Waals surface area contributed by atoms with E-state index in [9.17, 15) is 18.0 Å². The average molecular weight is 545 g/mol. The molecule has 0 unspecified atom stereocenters. The van der Waals surface area contributed by atoms with Crippen LogP contribution in [-0.4, -0.2) is 29.7 Å². The van der Waals surface area contributed by atoms with Gasteiger partial charge in [-0.3, -0.25) is 19.7 Å². The average Bonchev–Trinajstić information content (AvgIpc) is 2.93. The number of amides is 1. The highest BCUT2D eigenvalue weighted by atomic mass is 32.2. The third-order valence-corrected chi connectivity index (χ3v) is 7.30. The summed E-state index contributed by atoms with van der Waals surface area (Å²) in [5.41, 5.74) is 7.94. The zero-order chi connectivity index (χ0) is 28.0. The Morgan fingerprint density at radius 1 is 1.00 bits per heavy atom. The molecule has 0 bridgehead atoms. The topological polar surface area (TPSA) is 160 Å². The van der Waals surface area contributed by atoms with E-state index >= 15 is 0 Å². The maximum atomic E-state index is 13.6. The molecule has 0 aliphatic heterocycles. The summed E-state index contributed by atoms with van der Waals surface area (Å²) in [4.78, 5) is 30.3. The summed E-state index contributed by atoms with van der Waals surface area (Å²) in [5, 5.41) is 10.0. The molecule has 1 amide bonds. The number of pyridine rings is 2. The molecule has 5 N–H and O–H groups in total. The van der Waals surface area contributed by atoms with Crippen LogP contribution in [0.4, 0.5) is 5.69 Å². The molecule has 2 aromatic heterocycles. The van der Waals surface area contributed by atoms with Crippen LogP contribution in [0, 0.1) is 12.3 Å². The van der Waals surface area contributed by atoms with E-state index in [4.69, 9.17) is 11.1 Å². The highest BCUT2D eigenvalue weighted by Gasteiger charge is 2.22. The second-order valence-corrected chi connectivity index (χ2v) is 10.5. The van der Waals surface area contributed by atoms with Gasteiger partial charge in [0.05, 0.1) is 0 Å². The van der Waals surface area contributed by atoms with Crippen LogP contribution in [0.1, 0.15) is 27.9 Å². The predicted octanol–water partition coefficient (Wildman–Crippen LogP) is 2.54. The van der Waals surface area contributed by atoms with Crippen molar-refractivity contribution < 1.29 is 13.2 Å². The first kappa shape index (κ1) is 27.3. The second-order valence-electron chi connectivity index (χ2n) is 8.90. The number of nitrogens with zero attached hydrogens (tertiary/aromatic N) is 2. The third kappa shape index (κ3) is 6.76. The van der Waals surface area contributed by atoms with Crippen LogP contribution in [0.5, 0.6) is 0 Å². The fourth-order valence-electron chi connectivity index (χ4n) is 3.99. The van der Waals surface area contributed by atoms with E-state index in [-0.39, 0.29) is 29.6 Å². The summed E-state index contributed by atoms with van der Waals surface area (Å²) < 4.78 is 29.8. The van der Waals surface area contributed by atoms with Gasteiger partial charge in [-0.15, -0.1) is 0 Å². The molecule has 0 fully saturated rings. The van der Waals surface area contributed by atoms with Gasteiger partial charge in [-0.1, -0.05) is 60.7 Å². The summed E-state index contributed by atoms with van der Waals surface area (Å²) in [6, 6.07) is 22.4. The second kappa shape index (κ2) is 11.7. The molecule has 200 valence electrons. The number of nitrogens with one attached hydrogen (secondary N) is 3. The molecule has 2 aromatic carbocycles. The summed E-state index contributed by atoms with van der Waals surface area (Å²) in [6.45, 7) is 1.59. The molecular formula is C28H28N6O4S. The lowest BCUT2D eigenvalue weighted by Gasteiger charge is -2.17. The van der Waals surface area contributed by atoms with Crippen molar-refractivity contribution in [1.82, 2.24) is 14.9 Å². The van der Waals surface area contributed by atoms with Gasteiger partial charge in [-0.25, -0.2) is 4.98 Å². The normalized spacial score (nSPS) is 11.1. The van der Waals surface area contributed by atoms with Crippen molar-refractivity contribution in [2.75, 3.05) is 4.72 Å². The van der Waals surface area contributed by atoms with Gasteiger partial charge >= 0.3 is 0 Å². The Hall–Kier alpha value is -4.77. The Labute approximate surface area is 226 Å². The van der Waals surface area contributed by atoms with Crippen LogP contribution in [0.2, 0.25) is 0 Å². The molecule has 0 saturated heterocycles. The van der Waals surface area contributed by atoms with Gasteiger partial charge in [0, 0.05) is 24.0 Å². The van der Waals surface area contributed by atoms with Crippen molar-refractivity contribution in [3.05, 3.63) is 123 Å². The number of aromatic nitrogens is 2. The molecule has 0 radical (unpaired) electrons. The Kier molecular flexibility index (Phi) is 8.21. The van der Waals surface area contributed by atoms with Crippen molar-refractivity contribution in [1.29, 1.82) is 5.41 Å². The molecule has 4 aromatic rings. The standard InChI is InChI=1S/C28H28N6O4S/c1-19-15-23(16-20-7-3-2-4-8-20)26(33-39(37,38)25-9-5-6-14-31-25)28(36)34(19)18-24(35)32-17-21-10-12-22(13-11-21)27(29)30/h2-15,33H,16-18H2,1H3,(H3,29,30)(H,32,35). The monoisotopic (exact) mass is 544 g/mol. The molecular weight excluding hydrogens is 516 g/mol. The van der Waals surface area contributed by atoms with Crippen LogP contribution < -0.4 is 21.3 Å². The van der Waals surface area contributed by atoms with Crippen LogP contribution in [0.15, 0.2) is 94.9 Å². The molecule has 0 aliphatic carbocycles. The SMILES string of the molecule is Cc1cc(Cc2ccccc2)c(NS(=O)(=O)c2ccccn2)c(=O)n1CC(=O)NCc1ccc(C(=N)N)cc1. The molecule has 10 nitrogen and oxygen atoms in total. The number of hydrogen-bond donors (Lipinski definition) is 4. The number of sulfonamides is 1. The molecule has 0 aliphatic rings. The number of hydrogen-bond acceptors (Lipinski definition) is 6. The largest absolute Gasteiger partial charge is 0.384 e. The van der Waals surface area contributed by atoms with E-state index < -0.39 is 21.5 Å². The van der Waals surface area contributed by atoms with Crippen molar-refractivity contribution in [3.63, 3.8) is 0 Å². The minimum Gasteiger partial charge on any atom is -0.384 e. The number of nitrogens with two attached hydrogens (primary N) is 1.